The van der Waals surface area contributed by atoms with Gasteiger partial charge in [-0.15, -0.1) is 0 Å². The lowest BCUT2D eigenvalue weighted by Crippen LogP contribution is -2.42. The van der Waals surface area contributed by atoms with Gasteiger partial charge in [-0.2, -0.15) is 0 Å². The molecule has 0 aromatic rings. The monoisotopic (exact) mass is 396 g/mol. The molecule has 1 heterocycles. The molecule has 1 aliphatic rings. The standard InChI is InChI=1S/C23H43N3O2/c1-21-20-26(2)23(24)25-22(27)18-16-14-12-10-8-6-4-3-5-7-9-11-13-15-17-19-28-21/h1,3-20H2,2H3,(H2,24,25,27)/i2D3. The van der Waals surface area contributed by atoms with Gasteiger partial charge in [0, 0.05) is 17.5 Å². The number of nitrogens with zero attached hydrogens (tertiary/aromatic N) is 1. The minimum Gasteiger partial charge on any atom is -0.497 e. The van der Waals surface area contributed by atoms with Crippen molar-refractivity contribution in [1.29, 1.82) is 5.41 Å². The molecule has 0 radical (unpaired) electrons. The molecule has 1 fully saturated rings. The zero-order valence-corrected chi connectivity index (χ0v) is 17.7. The van der Waals surface area contributed by atoms with Crippen LogP contribution >= 0.6 is 0 Å². The first-order chi connectivity index (χ1) is 14.8. The second kappa shape index (κ2) is 16.4. The lowest BCUT2D eigenvalue weighted by Gasteiger charge is -2.21. The Kier molecular flexibility index (Phi) is 11.6. The fourth-order valence-corrected chi connectivity index (χ4v) is 3.47. The number of amides is 1. The highest BCUT2D eigenvalue weighted by atomic mass is 16.5. The molecule has 1 rings (SSSR count). The number of hydrogen-bond donors (Lipinski definition) is 2. The van der Waals surface area contributed by atoms with Gasteiger partial charge in [0.2, 0.25) is 5.91 Å². The van der Waals surface area contributed by atoms with Crippen molar-refractivity contribution in [1.82, 2.24) is 10.2 Å². The molecule has 0 aromatic carbocycles. The molecule has 0 saturated carbocycles. The van der Waals surface area contributed by atoms with E-state index in [1.54, 1.807) is 0 Å². The van der Waals surface area contributed by atoms with Gasteiger partial charge in [-0.3, -0.25) is 15.5 Å². The summed E-state index contributed by atoms with van der Waals surface area (Å²) in [5, 5.41) is 10.5. The van der Waals surface area contributed by atoms with E-state index < -0.39 is 12.9 Å². The average molecular weight is 397 g/mol. The number of hydrogen-bond acceptors (Lipinski definition) is 3. The second-order valence-electron chi connectivity index (χ2n) is 7.92. The molecular weight excluding hydrogens is 350 g/mol. The van der Waals surface area contributed by atoms with Gasteiger partial charge in [0.05, 0.1) is 13.2 Å². The predicted octanol–water partition coefficient (Wildman–Crippen LogP) is 5.75. The van der Waals surface area contributed by atoms with E-state index in [-0.39, 0.29) is 12.5 Å². The van der Waals surface area contributed by atoms with Crippen LogP contribution in [-0.4, -0.2) is 36.9 Å². The van der Waals surface area contributed by atoms with E-state index in [9.17, 15) is 4.79 Å². The molecule has 1 amide bonds. The van der Waals surface area contributed by atoms with E-state index in [2.05, 4.69) is 11.9 Å². The highest BCUT2D eigenvalue weighted by Crippen LogP contribution is 2.14. The SMILES string of the molecule is [2H]C([2H])([2H])N1CC(=C)OCCCCCCCCCCCCCCCCCC(=O)NC1=N. The maximum absolute atomic E-state index is 12.1. The highest BCUT2D eigenvalue weighted by molar-refractivity contribution is 5.95. The largest absolute Gasteiger partial charge is 0.497 e. The molecule has 0 bridgehead atoms. The summed E-state index contributed by atoms with van der Waals surface area (Å²) in [5.41, 5.74) is 0. The van der Waals surface area contributed by atoms with Crippen LogP contribution in [0.5, 0.6) is 0 Å². The molecule has 5 nitrogen and oxygen atoms in total. The van der Waals surface area contributed by atoms with Crippen molar-refractivity contribution in [2.45, 2.75) is 103 Å². The maximum atomic E-state index is 12.1. The van der Waals surface area contributed by atoms with Crippen molar-refractivity contribution in [2.24, 2.45) is 0 Å². The van der Waals surface area contributed by atoms with Crippen LogP contribution in [0.25, 0.3) is 0 Å². The van der Waals surface area contributed by atoms with Crippen LogP contribution in [0.1, 0.15) is 107 Å². The van der Waals surface area contributed by atoms with Crippen LogP contribution in [0.4, 0.5) is 0 Å². The van der Waals surface area contributed by atoms with Crippen LogP contribution in [0.3, 0.4) is 0 Å². The van der Waals surface area contributed by atoms with E-state index in [4.69, 9.17) is 14.3 Å². The molecule has 2 N–H and O–H groups in total. The van der Waals surface area contributed by atoms with Gasteiger partial charge in [0.1, 0.15) is 5.76 Å². The number of ether oxygens (including phenoxy) is 1. The van der Waals surface area contributed by atoms with E-state index >= 15 is 0 Å². The lowest BCUT2D eigenvalue weighted by molar-refractivity contribution is -0.120. The first-order valence-electron chi connectivity index (χ1n) is 12.8. The maximum Gasteiger partial charge on any atom is 0.226 e. The van der Waals surface area contributed by atoms with Crippen molar-refractivity contribution in [3.63, 3.8) is 0 Å². The summed E-state index contributed by atoms with van der Waals surface area (Å²) in [6.45, 7) is 1.59. The summed E-state index contributed by atoms with van der Waals surface area (Å²) in [6.07, 6.45) is 18.0. The summed E-state index contributed by atoms with van der Waals surface area (Å²) >= 11 is 0. The third-order valence-corrected chi connectivity index (χ3v) is 5.22. The summed E-state index contributed by atoms with van der Waals surface area (Å²) < 4.78 is 28.6. The Labute approximate surface area is 177 Å². The van der Waals surface area contributed by atoms with Crippen molar-refractivity contribution in [3.8, 4) is 0 Å². The zero-order chi connectivity index (χ0) is 23.0. The minimum atomic E-state index is -2.55. The van der Waals surface area contributed by atoms with Gasteiger partial charge >= 0.3 is 0 Å². The van der Waals surface area contributed by atoms with Gasteiger partial charge in [0.15, 0.2) is 5.96 Å². The molecule has 1 saturated heterocycles. The Hall–Kier alpha value is -1.52. The zero-order valence-electron chi connectivity index (χ0n) is 20.7. The summed E-state index contributed by atoms with van der Waals surface area (Å²) in [7, 11) is 0. The van der Waals surface area contributed by atoms with Crippen molar-refractivity contribution in [2.75, 3.05) is 20.1 Å². The fourth-order valence-electron chi connectivity index (χ4n) is 3.47. The van der Waals surface area contributed by atoms with Crippen LogP contribution < -0.4 is 5.32 Å². The van der Waals surface area contributed by atoms with Crippen LogP contribution in [-0.2, 0) is 9.53 Å². The summed E-state index contributed by atoms with van der Waals surface area (Å²) in [5.74, 6) is -0.450. The molecule has 0 unspecified atom stereocenters. The molecule has 28 heavy (non-hydrogen) atoms. The topological polar surface area (TPSA) is 65.4 Å². The van der Waals surface area contributed by atoms with Gasteiger partial charge in [-0.25, -0.2) is 0 Å². The molecule has 162 valence electrons. The molecule has 0 aliphatic carbocycles. The first-order valence-corrected chi connectivity index (χ1v) is 11.3. The second-order valence-corrected chi connectivity index (χ2v) is 7.92. The summed E-state index contributed by atoms with van der Waals surface area (Å²) in [4.78, 5) is 13.0. The number of carbonyl (C=O) groups excluding carboxylic acids is 1. The molecule has 0 spiro atoms. The average Bonchev–Trinajstić information content (AvgIpc) is 2.69. The highest BCUT2D eigenvalue weighted by Gasteiger charge is 2.10. The van der Waals surface area contributed by atoms with E-state index in [1.165, 1.54) is 64.2 Å². The first kappa shape index (κ1) is 19.8. The quantitative estimate of drug-likeness (QED) is 0.547. The molecule has 0 atom stereocenters. The van der Waals surface area contributed by atoms with Crippen LogP contribution in [0, 0.1) is 5.41 Å². The Morgan fingerprint density at radius 1 is 0.893 bits per heavy atom. The van der Waals surface area contributed by atoms with Crippen LogP contribution in [0.2, 0.25) is 0 Å². The van der Waals surface area contributed by atoms with Gasteiger partial charge < -0.3 is 9.64 Å². The lowest BCUT2D eigenvalue weighted by atomic mass is 10.0. The number of carbonyl (C=O) groups is 1. The number of likely N-dealkylation sites (N-methyl/N-ethyl adjacent to an activating group) is 1. The van der Waals surface area contributed by atoms with Crippen LogP contribution in [0.15, 0.2) is 12.3 Å². The third kappa shape index (κ3) is 13.6. The van der Waals surface area contributed by atoms with Crippen molar-refractivity contribution < 1.29 is 13.6 Å². The molecule has 0 aromatic heterocycles. The third-order valence-electron chi connectivity index (χ3n) is 5.22. The van der Waals surface area contributed by atoms with Crippen molar-refractivity contribution in [3.05, 3.63) is 12.3 Å². The van der Waals surface area contributed by atoms with Crippen molar-refractivity contribution >= 4 is 11.9 Å². The summed E-state index contributed by atoms with van der Waals surface area (Å²) in [6, 6.07) is 0. The fraction of sp³-hybridized carbons (Fsp3) is 0.826. The Morgan fingerprint density at radius 2 is 1.36 bits per heavy atom. The van der Waals surface area contributed by atoms with E-state index in [0.29, 0.717) is 18.8 Å². The number of nitrogens with one attached hydrogen (secondary N) is 2. The molecule has 1 aliphatic heterocycles. The predicted molar refractivity (Wildman–Crippen MR) is 117 cm³/mol. The minimum absolute atomic E-state index is 0.143. The smallest absolute Gasteiger partial charge is 0.226 e. The number of guanidine groups is 1. The van der Waals surface area contributed by atoms with Gasteiger partial charge in [0.25, 0.3) is 0 Å². The molecular formula is C23H43N3O2. The molecule has 5 heteroatoms. The Balaban J connectivity index is 2.54. The van der Waals surface area contributed by atoms with E-state index in [1.807, 2.05) is 0 Å². The van der Waals surface area contributed by atoms with Gasteiger partial charge in [-0.1, -0.05) is 90.0 Å². The Bertz CT molecular complexity index is 539. The Morgan fingerprint density at radius 3 is 1.86 bits per heavy atom. The van der Waals surface area contributed by atoms with E-state index in [0.717, 1.165) is 37.0 Å². The normalized spacial score (nSPS) is 24.1. The number of rotatable bonds is 0. The van der Waals surface area contributed by atoms with Gasteiger partial charge in [-0.05, 0) is 12.8 Å².